The molecule has 4 heteroatoms. The summed E-state index contributed by atoms with van der Waals surface area (Å²) in [6.07, 6.45) is 7.45. The molecule has 0 amide bonds. The summed E-state index contributed by atoms with van der Waals surface area (Å²) in [6, 6.07) is 23.8. The standard InChI is InChI=1S/C31H35NO3/c1-2-30(34)16-17-31(20-22-8-4-3-5-9-22)25(21-30)11-6-10-23-18-24(14-15-28(23)31)29(33)35-27-13-7-12-26(32)19-27/h3-5,7-9,12-15,18-19,25,34H,2,6,10-11,16-17,20-21,32H2,1H3/t25-,30+,31-/m0/s1. The van der Waals surface area contributed by atoms with Crippen LogP contribution in [0.4, 0.5) is 5.69 Å². The molecule has 0 saturated heterocycles. The Labute approximate surface area is 208 Å². The van der Waals surface area contributed by atoms with Crippen molar-refractivity contribution in [3.8, 4) is 5.75 Å². The maximum atomic E-state index is 13.0. The molecule has 0 heterocycles. The summed E-state index contributed by atoms with van der Waals surface area (Å²) >= 11 is 0. The van der Waals surface area contributed by atoms with E-state index in [9.17, 15) is 9.90 Å². The Hall–Kier alpha value is -3.11. The summed E-state index contributed by atoms with van der Waals surface area (Å²) in [6.45, 7) is 2.10. The number of nitrogen functional groups attached to an aromatic ring is 1. The van der Waals surface area contributed by atoms with Crippen LogP contribution in [0.25, 0.3) is 0 Å². The van der Waals surface area contributed by atoms with Crippen molar-refractivity contribution in [1.29, 1.82) is 0 Å². The van der Waals surface area contributed by atoms with E-state index in [1.807, 2.05) is 12.1 Å². The molecule has 0 aliphatic heterocycles. The highest BCUT2D eigenvalue weighted by Gasteiger charge is 2.50. The Morgan fingerprint density at radius 3 is 2.66 bits per heavy atom. The Morgan fingerprint density at radius 1 is 1.06 bits per heavy atom. The van der Waals surface area contributed by atoms with E-state index in [2.05, 4.69) is 43.3 Å². The van der Waals surface area contributed by atoms with Crippen molar-refractivity contribution in [2.45, 2.75) is 69.3 Å². The van der Waals surface area contributed by atoms with Gasteiger partial charge in [-0.05, 0) is 98.2 Å². The van der Waals surface area contributed by atoms with E-state index in [0.717, 1.165) is 51.4 Å². The van der Waals surface area contributed by atoms with Gasteiger partial charge in [-0.15, -0.1) is 0 Å². The van der Waals surface area contributed by atoms with Crippen LogP contribution < -0.4 is 10.5 Å². The molecule has 0 spiro atoms. The molecular formula is C31H35NO3. The Balaban J connectivity index is 1.52. The molecule has 182 valence electrons. The lowest BCUT2D eigenvalue weighted by Gasteiger charge is -2.50. The predicted molar refractivity (Wildman–Crippen MR) is 140 cm³/mol. The van der Waals surface area contributed by atoms with E-state index in [0.29, 0.717) is 22.9 Å². The van der Waals surface area contributed by atoms with E-state index in [1.165, 1.54) is 16.7 Å². The van der Waals surface area contributed by atoms with Crippen LogP contribution in [0.3, 0.4) is 0 Å². The zero-order valence-corrected chi connectivity index (χ0v) is 20.5. The lowest BCUT2D eigenvalue weighted by Crippen LogP contribution is -2.48. The van der Waals surface area contributed by atoms with Crippen molar-refractivity contribution in [1.82, 2.24) is 0 Å². The van der Waals surface area contributed by atoms with Gasteiger partial charge < -0.3 is 15.6 Å². The van der Waals surface area contributed by atoms with Crippen molar-refractivity contribution < 1.29 is 14.6 Å². The van der Waals surface area contributed by atoms with E-state index in [-0.39, 0.29) is 11.4 Å². The fraction of sp³-hybridized carbons (Fsp3) is 0.387. The molecule has 2 aliphatic rings. The van der Waals surface area contributed by atoms with Crippen LogP contribution in [0.2, 0.25) is 0 Å². The van der Waals surface area contributed by atoms with Crippen molar-refractivity contribution in [2.75, 3.05) is 5.73 Å². The molecule has 0 bridgehead atoms. The summed E-state index contributed by atoms with van der Waals surface area (Å²) in [5.74, 6) is 0.504. The van der Waals surface area contributed by atoms with Gasteiger partial charge in [0.15, 0.2) is 0 Å². The van der Waals surface area contributed by atoms with Gasteiger partial charge in [0.05, 0.1) is 11.2 Å². The van der Waals surface area contributed by atoms with Gasteiger partial charge in [-0.3, -0.25) is 0 Å². The Kier molecular flexibility index (Phi) is 6.41. The summed E-state index contributed by atoms with van der Waals surface area (Å²) in [5, 5.41) is 11.2. The summed E-state index contributed by atoms with van der Waals surface area (Å²) < 4.78 is 5.62. The third-order valence-corrected chi connectivity index (χ3v) is 8.41. The van der Waals surface area contributed by atoms with Gasteiger partial charge in [-0.2, -0.15) is 0 Å². The number of rotatable bonds is 5. The molecule has 3 N–H and O–H groups in total. The number of hydrogen-bond donors (Lipinski definition) is 2. The normalized spacial score (nSPS) is 25.7. The molecule has 3 atom stereocenters. The van der Waals surface area contributed by atoms with Crippen LogP contribution in [0.15, 0.2) is 72.8 Å². The number of fused-ring (bicyclic) bond motifs is 3. The summed E-state index contributed by atoms with van der Waals surface area (Å²) in [4.78, 5) is 13.0. The van der Waals surface area contributed by atoms with Crippen LogP contribution in [0.5, 0.6) is 5.75 Å². The van der Waals surface area contributed by atoms with Gasteiger partial charge in [0.1, 0.15) is 5.75 Å². The number of anilines is 1. The summed E-state index contributed by atoms with van der Waals surface area (Å²) in [5.41, 5.74) is 10.3. The molecule has 2 aliphatic carbocycles. The first-order valence-electron chi connectivity index (χ1n) is 12.9. The third kappa shape index (κ3) is 4.72. The molecular weight excluding hydrogens is 434 g/mol. The van der Waals surface area contributed by atoms with Gasteiger partial charge >= 0.3 is 5.97 Å². The monoisotopic (exact) mass is 469 g/mol. The fourth-order valence-electron chi connectivity index (χ4n) is 6.45. The third-order valence-electron chi connectivity index (χ3n) is 8.41. The maximum absolute atomic E-state index is 13.0. The van der Waals surface area contributed by atoms with Crippen LogP contribution in [0, 0.1) is 5.92 Å². The summed E-state index contributed by atoms with van der Waals surface area (Å²) in [7, 11) is 0. The Bertz CT molecular complexity index is 1210. The Morgan fingerprint density at radius 2 is 1.89 bits per heavy atom. The molecule has 3 aromatic carbocycles. The lowest BCUT2D eigenvalue weighted by molar-refractivity contribution is -0.0497. The highest BCUT2D eigenvalue weighted by Crippen LogP contribution is 2.54. The van der Waals surface area contributed by atoms with Crippen molar-refractivity contribution >= 4 is 11.7 Å². The molecule has 1 saturated carbocycles. The van der Waals surface area contributed by atoms with E-state index >= 15 is 0 Å². The molecule has 1 fully saturated rings. The van der Waals surface area contributed by atoms with Crippen LogP contribution in [0.1, 0.15) is 72.5 Å². The molecule has 0 radical (unpaired) electrons. The molecule has 4 nitrogen and oxygen atoms in total. The highest BCUT2D eigenvalue weighted by atomic mass is 16.5. The molecule has 0 aromatic heterocycles. The van der Waals surface area contributed by atoms with Gasteiger partial charge in [0.2, 0.25) is 0 Å². The number of benzene rings is 3. The van der Waals surface area contributed by atoms with Crippen molar-refractivity contribution in [3.63, 3.8) is 0 Å². The average Bonchev–Trinajstić information content (AvgIpc) is 3.01. The number of esters is 1. The number of aryl methyl sites for hydroxylation is 1. The van der Waals surface area contributed by atoms with Crippen molar-refractivity contribution in [3.05, 3.63) is 95.1 Å². The zero-order chi connectivity index (χ0) is 24.5. The predicted octanol–water partition coefficient (Wildman–Crippen LogP) is 6.25. The van der Waals surface area contributed by atoms with Crippen molar-refractivity contribution in [2.24, 2.45) is 5.92 Å². The maximum Gasteiger partial charge on any atom is 0.343 e. The van der Waals surface area contributed by atoms with E-state index in [4.69, 9.17) is 10.5 Å². The first-order chi connectivity index (χ1) is 16.9. The number of hydrogen-bond acceptors (Lipinski definition) is 4. The molecule has 3 aromatic rings. The molecule has 35 heavy (non-hydrogen) atoms. The molecule has 5 rings (SSSR count). The van der Waals surface area contributed by atoms with Gasteiger partial charge in [-0.1, -0.05) is 49.4 Å². The van der Waals surface area contributed by atoms with Gasteiger partial charge in [0.25, 0.3) is 0 Å². The first-order valence-corrected chi connectivity index (χ1v) is 12.9. The second-order valence-electron chi connectivity index (χ2n) is 10.5. The topological polar surface area (TPSA) is 72.5 Å². The van der Waals surface area contributed by atoms with E-state index in [1.54, 1.807) is 24.3 Å². The lowest BCUT2D eigenvalue weighted by atomic mass is 9.55. The van der Waals surface area contributed by atoms with Gasteiger partial charge in [0, 0.05) is 17.2 Å². The fourth-order valence-corrected chi connectivity index (χ4v) is 6.45. The number of carbonyl (C=O) groups excluding carboxylic acids is 1. The van der Waals surface area contributed by atoms with Crippen LogP contribution >= 0.6 is 0 Å². The zero-order valence-electron chi connectivity index (χ0n) is 20.5. The average molecular weight is 470 g/mol. The number of ether oxygens (including phenoxy) is 1. The molecule has 0 unspecified atom stereocenters. The van der Waals surface area contributed by atoms with E-state index < -0.39 is 5.60 Å². The van der Waals surface area contributed by atoms with Gasteiger partial charge in [-0.25, -0.2) is 4.79 Å². The second kappa shape index (κ2) is 9.50. The quantitative estimate of drug-likeness (QED) is 0.263. The minimum atomic E-state index is -0.573. The first kappa shape index (κ1) is 23.6. The smallest absolute Gasteiger partial charge is 0.343 e. The highest BCUT2D eigenvalue weighted by molar-refractivity contribution is 5.91. The number of nitrogens with two attached hydrogens (primary N) is 1. The van der Waals surface area contributed by atoms with Crippen LogP contribution in [-0.4, -0.2) is 16.7 Å². The second-order valence-corrected chi connectivity index (χ2v) is 10.5. The number of aliphatic hydroxyl groups is 1. The minimum Gasteiger partial charge on any atom is -0.423 e. The minimum absolute atomic E-state index is 0.0368. The largest absolute Gasteiger partial charge is 0.423 e. The number of carbonyl (C=O) groups is 1. The van der Waals surface area contributed by atoms with Crippen LogP contribution in [-0.2, 0) is 18.3 Å². The SMILES string of the molecule is CC[C@@]1(O)CC[C@@]2(Cc3ccccc3)c3ccc(C(=O)Oc4cccc(N)c4)cc3CCC[C@H]2C1.